The van der Waals surface area contributed by atoms with Gasteiger partial charge in [-0.15, -0.1) is 0 Å². The molecule has 8 nitrogen and oxygen atoms in total. The Morgan fingerprint density at radius 3 is 2.81 bits per heavy atom. The van der Waals surface area contributed by atoms with Crippen LogP contribution in [0.2, 0.25) is 0 Å². The number of hydrogen-bond acceptors (Lipinski definition) is 7. The first kappa shape index (κ1) is 14.9. The molecule has 0 aliphatic carbocycles. The Balaban J connectivity index is 2.47. The second-order valence-corrected chi connectivity index (χ2v) is 4.74. The van der Waals surface area contributed by atoms with Crippen LogP contribution in [-0.4, -0.2) is 22.2 Å². The molecule has 0 spiro atoms. The molecule has 0 bridgehead atoms. The maximum absolute atomic E-state index is 10.8. The number of rotatable bonds is 5. The molecule has 0 radical (unpaired) electrons. The number of hydrogen-bond donors (Lipinski definition) is 1. The fourth-order valence-corrected chi connectivity index (χ4v) is 1.78. The smallest absolute Gasteiger partial charge is 0.270 e. The molecule has 0 aliphatic rings. The van der Waals surface area contributed by atoms with Crippen molar-refractivity contribution in [2.45, 2.75) is 25.9 Å². The van der Waals surface area contributed by atoms with Gasteiger partial charge in [0.2, 0.25) is 5.82 Å². The predicted octanol–water partition coefficient (Wildman–Crippen LogP) is 2.50. The summed E-state index contributed by atoms with van der Waals surface area (Å²) in [5.74, 6) is 0.497. The molecule has 8 heteroatoms. The molecule has 0 fully saturated rings. The molecule has 1 atom stereocenters. The molecule has 21 heavy (non-hydrogen) atoms. The molecule has 1 heterocycles. The first-order valence-electron chi connectivity index (χ1n) is 6.35. The summed E-state index contributed by atoms with van der Waals surface area (Å²) in [5, 5.41) is 14.7. The monoisotopic (exact) mass is 292 g/mol. The van der Waals surface area contributed by atoms with Gasteiger partial charge >= 0.3 is 0 Å². The summed E-state index contributed by atoms with van der Waals surface area (Å²) in [6.07, 6.45) is 0.646. The van der Waals surface area contributed by atoms with Crippen molar-refractivity contribution in [2.24, 2.45) is 0 Å². The van der Waals surface area contributed by atoms with E-state index in [1.165, 1.54) is 18.2 Å². The van der Waals surface area contributed by atoms with Crippen LogP contribution in [0.4, 0.5) is 11.4 Å². The zero-order valence-electron chi connectivity index (χ0n) is 12.0. The van der Waals surface area contributed by atoms with Crippen molar-refractivity contribution in [3.63, 3.8) is 0 Å². The summed E-state index contributed by atoms with van der Waals surface area (Å²) in [6.45, 7) is 3.76. The van der Waals surface area contributed by atoms with Crippen molar-refractivity contribution < 1.29 is 14.2 Å². The van der Waals surface area contributed by atoms with E-state index >= 15 is 0 Å². The van der Waals surface area contributed by atoms with Crippen molar-refractivity contribution in [3.8, 4) is 11.5 Å². The third kappa shape index (κ3) is 2.70. The lowest BCUT2D eigenvalue weighted by Gasteiger charge is -2.21. The van der Waals surface area contributed by atoms with Gasteiger partial charge in [0.05, 0.1) is 10.5 Å². The quantitative estimate of drug-likeness (QED) is 0.511. The summed E-state index contributed by atoms with van der Waals surface area (Å²) in [6, 6.07) is 4.07. The number of nitrogens with two attached hydrogens (primary N) is 1. The fraction of sp³-hybridized carbons (Fsp3) is 0.385. The number of methoxy groups -OCH3 is 1. The normalized spacial score (nSPS) is 13.9. The Kier molecular flexibility index (Phi) is 3.90. The van der Waals surface area contributed by atoms with Crippen molar-refractivity contribution in [2.75, 3.05) is 12.8 Å². The second kappa shape index (κ2) is 5.49. The van der Waals surface area contributed by atoms with E-state index in [1.807, 2.05) is 13.8 Å². The van der Waals surface area contributed by atoms with Gasteiger partial charge in [-0.2, -0.15) is 4.98 Å². The van der Waals surface area contributed by atoms with Gasteiger partial charge in [0.25, 0.3) is 11.6 Å². The lowest BCUT2D eigenvalue weighted by molar-refractivity contribution is -0.384. The molecule has 2 aromatic rings. The molecule has 1 unspecified atom stereocenters. The van der Waals surface area contributed by atoms with E-state index in [2.05, 4.69) is 10.1 Å². The highest BCUT2D eigenvalue weighted by Crippen LogP contribution is 2.32. The van der Waals surface area contributed by atoms with E-state index in [9.17, 15) is 10.1 Å². The Labute approximate surface area is 121 Å². The lowest BCUT2D eigenvalue weighted by atomic mass is 10.0. The highest BCUT2D eigenvalue weighted by Gasteiger charge is 2.30. The van der Waals surface area contributed by atoms with Gasteiger partial charge in [0.1, 0.15) is 5.60 Å². The van der Waals surface area contributed by atoms with E-state index in [1.54, 1.807) is 7.11 Å². The van der Waals surface area contributed by atoms with E-state index in [0.29, 0.717) is 23.5 Å². The summed E-state index contributed by atoms with van der Waals surface area (Å²) in [4.78, 5) is 14.6. The van der Waals surface area contributed by atoms with Gasteiger partial charge in [-0.1, -0.05) is 12.1 Å². The number of nitrogens with zero attached hydrogens (tertiary/aromatic N) is 3. The Bertz CT molecular complexity index is 664. The standard InChI is InChI=1S/C13H16N4O4/c1-4-13(2,20-3)12-15-11(21-16-12)9-7-8(17(18)19)5-6-10(9)14/h5-7H,4,14H2,1-3H3. The molecule has 112 valence electrons. The van der Waals surface area contributed by atoms with E-state index in [-0.39, 0.29) is 11.6 Å². The van der Waals surface area contributed by atoms with Crippen LogP contribution in [-0.2, 0) is 10.3 Å². The summed E-state index contributed by atoms with van der Waals surface area (Å²) in [7, 11) is 1.56. The number of nitro groups is 1. The molecule has 1 aromatic heterocycles. The summed E-state index contributed by atoms with van der Waals surface area (Å²) >= 11 is 0. The van der Waals surface area contributed by atoms with Crippen LogP contribution in [0.1, 0.15) is 26.1 Å². The average Bonchev–Trinajstić information content (AvgIpc) is 2.96. The second-order valence-electron chi connectivity index (χ2n) is 4.74. The van der Waals surface area contributed by atoms with Crippen LogP contribution in [0.15, 0.2) is 22.7 Å². The van der Waals surface area contributed by atoms with E-state index in [0.717, 1.165) is 0 Å². The minimum Gasteiger partial charge on any atom is -0.398 e. The maximum Gasteiger partial charge on any atom is 0.270 e. The molecular weight excluding hydrogens is 276 g/mol. The summed E-state index contributed by atoms with van der Waals surface area (Å²) < 4.78 is 10.6. The van der Waals surface area contributed by atoms with E-state index < -0.39 is 10.5 Å². The maximum atomic E-state index is 10.8. The first-order valence-corrected chi connectivity index (χ1v) is 6.35. The van der Waals surface area contributed by atoms with E-state index in [4.69, 9.17) is 15.0 Å². The molecule has 2 N–H and O–H groups in total. The van der Waals surface area contributed by atoms with Crippen molar-refractivity contribution in [3.05, 3.63) is 34.1 Å². The zero-order valence-corrected chi connectivity index (χ0v) is 12.0. The van der Waals surface area contributed by atoms with Crippen LogP contribution in [0.5, 0.6) is 0 Å². The van der Waals surface area contributed by atoms with Gasteiger partial charge in [-0.25, -0.2) is 0 Å². The zero-order chi connectivity index (χ0) is 15.6. The molecule has 2 rings (SSSR count). The van der Waals surface area contributed by atoms with Gasteiger partial charge in [0.15, 0.2) is 0 Å². The van der Waals surface area contributed by atoms with Crippen LogP contribution >= 0.6 is 0 Å². The Hall–Kier alpha value is -2.48. The van der Waals surface area contributed by atoms with Crippen LogP contribution < -0.4 is 5.73 Å². The Morgan fingerprint density at radius 2 is 2.24 bits per heavy atom. The minimum atomic E-state index is -0.683. The highest BCUT2D eigenvalue weighted by atomic mass is 16.6. The fourth-order valence-electron chi connectivity index (χ4n) is 1.78. The van der Waals surface area contributed by atoms with Gasteiger partial charge in [-0.3, -0.25) is 10.1 Å². The molecule has 0 saturated heterocycles. The number of aromatic nitrogens is 2. The number of benzene rings is 1. The van der Waals surface area contributed by atoms with Crippen molar-refractivity contribution >= 4 is 11.4 Å². The first-order chi connectivity index (χ1) is 9.91. The predicted molar refractivity (Wildman–Crippen MR) is 75.5 cm³/mol. The Morgan fingerprint density at radius 1 is 1.52 bits per heavy atom. The molecule has 0 aliphatic heterocycles. The third-order valence-electron chi connectivity index (χ3n) is 3.50. The molecule has 0 amide bonds. The SMILES string of the molecule is CCC(C)(OC)c1noc(-c2cc([N+](=O)[O-])ccc2N)n1. The number of nitrogen functional groups attached to an aromatic ring is 1. The number of non-ortho nitro benzene ring substituents is 1. The largest absolute Gasteiger partial charge is 0.398 e. The van der Waals surface area contributed by atoms with Crippen molar-refractivity contribution in [1.29, 1.82) is 0 Å². The van der Waals surface area contributed by atoms with Gasteiger partial charge in [0, 0.05) is 24.9 Å². The van der Waals surface area contributed by atoms with Crippen LogP contribution in [0, 0.1) is 10.1 Å². The lowest BCUT2D eigenvalue weighted by Crippen LogP contribution is -2.24. The van der Waals surface area contributed by atoms with Crippen LogP contribution in [0.3, 0.4) is 0 Å². The topological polar surface area (TPSA) is 117 Å². The average molecular weight is 292 g/mol. The number of anilines is 1. The summed E-state index contributed by atoms with van der Waals surface area (Å²) in [5.41, 5.74) is 5.70. The van der Waals surface area contributed by atoms with Gasteiger partial charge in [-0.05, 0) is 19.4 Å². The number of nitro benzene ring substituents is 1. The van der Waals surface area contributed by atoms with Crippen LogP contribution in [0.25, 0.3) is 11.5 Å². The molecule has 0 saturated carbocycles. The molecular formula is C13H16N4O4. The van der Waals surface area contributed by atoms with Crippen molar-refractivity contribution in [1.82, 2.24) is 10.1 Å². The number of ether oxygens (including phenoxy) is 1. The highest BCUT2D eigenvalue weighted by molar-refractivity contribution is 5.73. The molecule has 1 aromatic carbocycles. The minimum absolute atomic E-state index is 0.0936. The van der Waals surface area contributed by atoms with Gasteiger partial charge < -0.3 is 15.0 Å². The third-order valence-corrected chi connectivity index (χ3v) is 3.50.